The molecule has 90 valence electrons. The summed E-state index contributed by atoms with van der Waals surface area (Å²) in [5.41, 5.74) is 1.22. The average molecular weight is 249 g/mol. The van der Waals surface area contributed by atoms with Gasteiger partial charge in [-0.25, -0.2) is 4.98 Å². The van der Waals surface area contributed by atoms with Gasteiger partial charge in [0.1, 0.15) is 0 Å². The molecular formula is C11H15N5S. The minimum Gasteiger partial charge on any atom is -0.333 e. The third-order valence-electron chi connectivity index (χ3n) is 2.72. The van der Waals surface area contributed by atoms with Crippen LogP contribution in [0.15, 0.2) is 22.6 Å². The monoisotopic (exact) mass is 249 g/mol. The molecule has 0 amide bonds. The summed E-state index contributed by atoms with van der Waals surface area (Å²) in [4.78, 5) is 6.30. The standard InChI is InChI=1S/C11H15N5S/c1-8-9(2)17-11(16(8)4)14-13-7-10-12-5-6-15(10)3/h5-7H,1-4H3. The molecule has 0 unspecified atom stereocenters. The first kappa shape index (κ1) is 11.8. The van der Waals surface area contributed by atoms with E-state index in [1.807, 2.05) is 29.4 Å². The van der Waals surface area contributed by atoms with Crippen LogP contribution in [0.25, 0.3) is 0 Å². The number of hydrogen-bond donors (Lipinski definition) is 0. The van der Waals surface area contributed by atoms with E-state index < -0.39 is 0 Å². The molecule has 0 N–H and O–H groups in total. The number of nitrogens with zero attached hydrogens (tertiary/aromatic N) is 5. The Balaban J connectivity index is 2.29. The topological polar surface area (TPSA) is 47.5 Å². The van der Waals surface area contributed by atoms with Crippen LogP contribution in [0.2, 0.25) is 0 Å². The molecular weight excluding hydrogens is 234 g/mol. The summed E-state index contributed by atoms with van der Waals surface area (Å²) in [6, 6.07) is 0. The molecule has 0 saturated heterocycles. The molecule has 2 aromatic rings. The molecule has 0 aliphatic carbocycles. The summed E-state index contributed by atoms with van der Waals surface area (Å²) in [5.74, 6) is 0.793. The van der Waals surface area contributed by atoms with Gasteiger partial charge in [0.2, 0.25) is 4.80 Å². The fourth-order valence-electron chi connectivity index (χ4n) is 1.38. The molecule has 0 bridgehead atoms. The molecule has 0 spiro atoms. The van der Waals surface area contributed by atoms with E-state index in [1.54, 1.807) is 23.7 Å². The van der Waals surface area contributed by atoms with E-state index in [9.17, 15) is 0 Å². The van der Waals surface area contributed by atoms with Gasteiger partial charge in [-0.2, -0.15) is 5.10 Å². The maximum atomic E-state index is 4.20. The molecule has 0 aliphatic rings. The lowest BCUT2D eigenvalue weighted by Crippen LogP contribution is -2.10. The molecule has 0 saturated carbocycles. The highest BCUT2D eigenvalue weighted by Gasteiger charge is 2.00. The molecule has 5 nitrogen and oxygen atoms in total. The predicted octanol–water partition coefficient (Wildman–Crippen LogP) is 1.37. The Morgan fingerprint density at radius 2 is 2.12 bits per heavy atom. The summed E-state index contributed by atoms with van der Waals surface area (Å²) in [6.45, 7) is 4.16. The van der Waals surface area contributed by atoms with Crippen LogP contribution in [-0.2, 0) is 14.1 Å². The van der Waals surface area contributed by atoms with Crippen LogP contribution in [0.5, 0.6) is 0 Å². The molecule has 2 rings (SSSR count). The highest BCUT2D eigenvalue weighted by molar-refractivity contribution is 7.09. The Morgan fingerprint density at radius 3 is 2.65 bits per heavy atom. The van der Waals surface area contributed by atoms with Crippen LogP contribution in [0.3, 0.4) is 0 Å². The van der Waals surface area contributed by atoms with E-state index in [0.29, 0.717) is 0 Å². The van der Waals surface area contributed by atoms with Crippen LogP contribution in [0.4, 0.5) is 0 Å². The number of imidazole rings is 1. The van der Waals surface area contributed by atoms with Crippen molar-refractivity contribution >= 4 is 17.6 Å². The zero-order chi connectivity index (χ0) is 12.4. The normalized spacial score (nSPS) is 12.8. The molecule has 2 aromatic heterocycles. The summed E-state index contributed by atoms with van der Waals surface area (Å²) < 4.78 is 3.93. The first-order chi connectivity index (χ1) is 8.09. The molecule has 0 aliphatic heterocycles. The molecule has 0 radical (unpaired) electrons. The third kappa shape index (κ3) is 2.36. The summed E-state index contributed by atoms with van der Waals surface area (Å²) in [6.07, 6.45) is 5.27. The van der Waals surface area contributed by atoms with Gasteiger partial charge in [0.15, 0.2) is 5.82 Å². The Labute approximate surface area is 104 Å². The molecule has 6 heteroatoms. The summed E-state index contributed by atoms with van der Waals surface area (Å²) >= 11 is 1.64. The highest BCUT2D eigenvalue weighted by Crippen LogP contribution is 2.07. The first-order valence-electron chi connectivity index (χ1n) is 5.27. The van der Waals surface area contributed by atoms with E-state index in [-0.39, 0.29) is 0 Å². The minimum absolute atomic E-state index is 0.793. The molecule has 17 heavy (non-hydrogen) atoms. The largest absolute Gasteiger partial charge is 0.333 e. The van der Waals surface area contributed by atoms with Crippen molar-refractivity contribution in [2.75, 3.05) is 0 Å². The van der Waals surface area contributed by atoms with Gasteiger partial charge < -0.3 is 9.13 Å². The maximum Gasteiger partial charge on any atom is 0.210 e. The fraction of sp³-hybridized carbons (Fsp3) is 0.364. The lowest BCUT2D eigenvalue weighted by atomic mass is 10.4. The molecule has 0 fully saturated rings. The van der Waals surface area contributed by atoms with Crippen molar-refractivity contribution in [1.29, 1.82) is 0 Å². The number of rotatable bonds is 2. The van der Waals surface area contributed by atoms with Crippen LogP contribution in [0.1, 0.15) is 16.4 Å². The van der Waals surface area contributed by atoms with Crippen LogP contribution < -0.4 is 4.80 Å². The third-order valence-corrected chi connectivity index (χ3v) is 3.86. The lowest BCUT2D eigenvalue weighted by Gasteiger charge is -1.93. The molecule has 0 aromatic carbocycles. The molecule has 2 heterocycles. The second kappa shape index (κ2) is 4.67. The van der Waals surface area contributed by atoms with Crippen molar-refractivity contribution in [3.8, 4) is 0 Å². The summed E-state index contributed by atoms with van der Waals surface area (Å²) in [7, 11) is 3.92. The van der Waals surface area contributed by atoms with Gasteiger partial charge in [-0.15, -0.1) is 16.4 Å². The highest BCUT2D eigenvalue weighted by atomic mass is 32.1. The fourth-order valence-corrected chi connectivity index (χ4v) is 2.30. The van der Waals surface area contributed by atoms with Crippen molar-refractivity contribution in [2.24, 2.45) is 24.3 Å². The smallest absolute Gasteiger partial charge is 0.210 e. The quantitative estimate of drug-likeness (QED) is 0.586. The van der Waals surface area contributed by atoms with E-state index >= 15 is 0 Å². The van der Waals surface area contributed by atoms with Gasteiger partial charge >= 0.3 is 0 Å². The number of hydrogen-bond acceptors (Lipinski definition) is 4. The maximum absolute atomic E-state index is 4.20. The van der Waals surface area contributed by atoms with Crippen molar-refractivity contribution in [2.45, 2.75) is 13.8 Å². The van der Waals surface area contributed by atoms with Crippen LogP contribution in [-0.4, -0.2) is 20.3 Å². The average Bonchev–Trinajstić information content (AvgIpc) is 2.80. The summed E-state index contributed by atoms with van der Waals surface area (Å²) in [5, 5.41) is 8.27. The number of aromatic nitrogens is 3. The Morgan fingerprint density at radius 1 is 1.35 bits per heavy atom. The van der Waals surface area contributed by atoms with Gasteiger partial charge in [0.05, 0.1) is 6.21 Å². The van der Waals surface area contributed by atoms with Gasteiger partial charge in [0, 0.05) is 37.1 Å². The van der Waals surface area contributed by atoms with E-state index in [1.165, 1.54) is 10.6 Å². The Bertz CT molecular complexity index is 614. The van der Waals surface area contributed by atoms with Gasteiger partial charge in [-0.1, -0.05) is 0 Å². The lowest BCUT2D eigenvalue weighted by molar-refractivity contribution is 0.815. The predicted molar refractivity (Wildman–Crippen MR) is 69.1 cm³/mol. The van der Waals surface area contributed by atoms with Crippen LogP contribution >= 0.6 is 11.3 Å². The zero-order valence-corrected chi connectivity index (χ0v) is 11.2. The van der Waals surface area contributed by atoms with Gasteiger partial charge in [0.25, 0.3) is 0 Å². The van der Waals surface area contributed by atoms with Crippen LogP contribution in [0, 0.1) is 13.8 Å². The van der Waals surface area contributed by atoms with E-state index in [4.69, 9.17) is 0 Å². The van der Waals surface area contributed by atoms with Crippen molar-refractivity contribution in [3.63, 3.8) is 0 Å². The van der Waals surface area contributed by atoms with Crippen molar-refractivity contribution < 1.29 is 0 Å². The van der Waals surface area contributed by atoms with Crippen molar-refractivity contribution in [3.05, 3.63) is 33.6 Å². The second-order valence-corrected chi connectivity index (χ2v) is 5.01. The van der Waals surface area contributed by atoms with E-state index in [0.717, 1.165) is 10.6 Å². The number of thiazole rings is 1. The Hall–Kier alpha value is -1.69. The minimum atomic E-state index is 0.793. The zero-order valence-electron chi connectivity index (χ0n) is 10.4. The van der Waals surface area contributed by atoms with Crippen molar-refractivity contribution in [1.82, 2.24) is 14.1 Å². The second-order valence-electron chi connectivity index (χ2n) is 3.83. The van der Waals surface area contributed by atoms with Gasteiger partial charge in [-0.3, -0.25) is 0 Å². The van der Waals surface area contributed by atoms with E-state index in [2.05, 4.69) is 29.0 Å². The van der Waals surface area contributed by atoms with Gasteiger partial charge in [-0.05, 0) is 13.8 Å². The molecule has 0 atom stereocenters. The number of aryl methyl sites for hydroxylation is 2. The SMILES string of the molecule is Cc1sc(=NN=Cc2nccn2C)n(C)c1C. The first-order valence-corrected chi connectivity index (χ1v) is 6.08. The Kier molecular flexibility index (Phi) is 3.23.